The van der Waals surface area contributed by atoms with Crippen LogP contribution in [0.2, 0.25) is 5.02 Å². The van der Waals surface area contributed by atoms with Crippen molar-refractivity contribution >= 4 is 34.4 Å². The molecule has 0 aliphatic rings. The van der Waals surface area contributed by atoms with Crippen LogP contribution in [0.4, 0.5) is 22.7 Å². The predicted octanol–water partition coefficient (Wildman–Crippen LogP) is 2.34. The van der Waals surface area contributed by atoms with Crippen molar-refractivity contribution in [3.8, 4) is 11.1 Å². The molecule has 0 saturated heterocycles. The molecule has 0 bridgehead atoms. The SMILES string of the molecule is Nc1ccc(-c2ccc(N)c(N)c2Cl)cc1N. The molecule has 4 nitrogen and oxygen atoms in total. The highest BCUT2D eigenvalue weighted by molar-refractivity contribution is 6.36. The van der Waals surface area contributed by atoms with E-state index in [0.29, 0.717) is 27.8 Å². The van der Waals surface area contributed by atoms with Crippen molar-refractivity contribution in [1.29, 1.82) is 0 Å². The fourth-order valence-electron chi connectivity index (χ4n) is 1.57. The molecular formula is C12H13ClN4. The molecule has 0 unspecified atom stereocenters. The van der Waals surface area contributed by atoms with Crippen LogP contribution in [0.25, 0.3) is 11.1 Å². The second-order valence-electron chi connectivity index (χ2n) is 3.77. The lowest BCUT2D eigenvalue weighted by Gasteiger charge is -2.10. The van der Waals surface area contributed by atoms with E-state index in [1.807, 2.05) is 6.07 Å². The average Bonchev–Trinajstić information content (AvgIpc) is 2.30. The van der Waals surface area contributed by atoms with Crippen LogP contribution in [0.3, 0.4) is 0 Å². The van der Waals surface area contributed by atoms with E-state index in [4.69, 9.17) is 34.5 Å². The summed E-state index contributed by atoms with van der Waals surface area (Å²) >= 11 is 6.15. The number of rotatable bonds is 1. The summed E-state index contributed by atoms with van der Waals surface area (Å²) in [5.41, 5.74) is 26.4. The minimum Gasteiger partial charge on any atom is -0.397 e. The molecule has 0 aliphatic heterocycles. The van der Waals surface area contributed by atoms with Crippen molar-refractivity contribution in [2.45, 2.75) is 0 Å². The highest BCUT2D eigenvalue weighted by atomic mass is 35.5. The Morgan fingerprint density at radius 3 is 2.06 bits per heavy atom. The lowest BCUT2D eigenvalue weighted by Crippen LogP contribution is -1.98. The molecule has 2 aromatic carbocycles. The first-order valence-electron chi connectivity index (χ1n) is 4.99. The molecule has 0 saturated carbocycles. The largest absolute Gasteiger partial charge is 0.397 e. The molecule has 88 valence electrons. The van der Waals surface area contributed by atoms with Gasteiger partial charge in [-0.05, 0) is 23.8 Å². The Kier molecular flexibility index (Phi) is 2.73. The van der Waals surface area contributed by atoms with Gasteiger partial charge in [0, 0.05) is 5.56 Å². The minimum absolute atomic E-state index is 0.375. The lowest BCUT2D eigenvalue weighted by molar-refractivity contribution is 1.59. The van der Waals surface area contributed by atoms with Gasteiger partial charge in [-0.1, -0.05) is 23.7 Å². The molecule has 0 fully saturated rings. The maximum absolute atomic E-state index is 6.15. The van der Waals surface area contributed by atoms with E-state index >= 15 is 0 Å². The van der Waals surface area contributed by atoms with Gasteiger partial charge in [0.15, 0.2) is 0 Å². The summed E-state index contributed by atoms with van der Waals surface area (Å²) in [7, 11) is 0. The third-order valence-electron chi connectivity index (χ3n) is 2.61. The van der Waals surface area contributed by atoms with Gasteiger partial charge in [0.2, 0.25) is 0 Å². The second-order valence-corrected chi connectivity index (χ2v) is 4.15. The normalized spacial score (nSPS) is 10.4. The summed E-state index contributed by atoms with van der Waals surface area (Å²) in [6.45, 7) is 0. The Morgan fingerprint density at radius 1 is 0.765 bits per heavy atom. The van der Waals surface area contributed by atoms with Crippen LogP contribution in [0.1, 0.15) is 0 Å². The zero-order valence-corrected chi connectivity index (χ0v) is 9.83. The van der Waals surface area contributed by atoms with Crippen molar-refractivity contribution < 1.29 is 0 Å². The van der Waals surface area contributed by atoms with Crippen LogP contribution in [-0.2, 0) is 0 Å². The molecule has 0 aromatic heterocycles. The molecule has 0 heterocycles. The molecule has 0 radical (unpaired) electrons. The topological polar surface area (TPSA) is 104 Å². The molecule has 0 spiro atoms. The van der Waals surface area contributed by atoms with E-state index in [0.717, 1.165) is 11.1 Å². The highest BCUT2D eigenvalue weighted by Crippen LogP contribution is 2.36. The van der Waals surface area contributed by atoms with Gasteiger partial charge in [0.1, 0.15) is 0 Å². The smallest absolute Gasteiger partial charge is 0.0743 e. The molecule has 2 rings (SSSR count). The number of halogens is 1. The van der Waals surface area contributed by atoms with Crippen LogP contribution in [0.15, 0.2) is 30.3 Å². The van der Waals surface area contributed by atoms with Crippen LogP contribution in [-0.4, -0.2) is 0 Å². The maximum atomic E-state index is 6.15. The first kappa shape index (κ1) is 11.4. The van der Waals surface area contributed by atoms with Gasteiger partial charge in [-0.25, -0.2) is 0 Å². The number of benzene rings is 2. The first-order chi connectivity index (χ1) is 8.00. The maximum Gasteiger partial charge on any atom is 0.0743 e. The van der Waals surface area contributed by atoms with Crippen molar-refractivity contribution in [2.24, 2.45) is 0 Å². The fourth-order valence-corrected chi connectivity index (χ4v) is 1.85. The minimum atomic E-state index is 0.375. The van der Waals surface area contributed by atoms with Crippen LogP contribution < -0.4 is 22.9 Å². The molecule has 5 heteroatoms. The van der Waals surface area contributed by atoms with Crippen LogP contribution >= 0.6 is 11.6 Å². The van der Waals surface area contributed by atoms with Gasteiger partial charge in [0.25, 0.3) is 0 Å². The van der Waals surface area contributed by atoms with Gasteiger partial charge in [-0.15, -0.1) is 0 Å². The summed E-state index contributed by atoms with van der Waals surface area (Å²) in [4.78, 5) is 0. The Hall–Kier alpha value is -2.07. The van der Waals surface area contributed by atoms with E-state index in [9.17, 15) is 0 Å². The molecule has 17 heavy (non-hydrogen) atoms. The number of hydrogen-bond donors (Lipinski definition) is 4. The molecule has 2 aromatic rings. The molecule has 0 amide bonds. The van der Waals surface area contributed by atoms with Crippen molar-refractivity contribution in [3.63, 3.8) is 0 Å². The van der Waals surface area contributed by atoms with Crippen molar-refractivity contribution in [3.05, 3.63) is 35.4 Å². The first-order valence-corrected chi connectivity index (χ1v) is 5.37. The summed E-state index contributed by atoms with van der Waals surface area (Å²) < 4.78 is 0. The molecule has 0 aliphatic carbocycles. The Morgan fingerprint density at radius 2 is 1.41 bits per heavy atom. The van der Waals surface area contributed by atoms with E-state index in [1.54, 1.807) is 24.3 Å². The standard InChI is InChI=1S/C12H13ClN4/c13-11-7(2-4-9(15)12(11)17)6-1-3-8(14)10(16)5-6/h1-5H,14-17H2. The number of anilines is 4. The zero-order chi connectivity index (χ0) is 12.6. The molecular weight excluding hydrogens is 236 g/mol. The number of hydrogen-bond acceptors (Lipinski definition) is 4. The summed E-state index contributed by atoms with van der Waals surface area (Å²) in [6, 6.07) is 8.84. The highest BCUT2D eigenvalue weighted by Gasteiger charge is 2.09. The Labute approximate surface area is 104 Å². The Balaban J connectivity index is 2.61. The third-order valence-corrected chi connectivity index (χ3v) is 3.02. The van der Waals surface area contributed by atoms with Gasteiger partial charge in [-0.3, -0.25) is 0 Å². The fraction of sp³-hybridized carbons (Fsp3) is 0. The second kappa shape index (κ2) is 4.07. The summed E-state index contributed by atoms with van der Waals surface area (Å²) in [6.07, 6.45) is 0. The van der Waals surface area contributed by atoms with Gasteiger partial charge >= 0.3 is 0 Å². The van der Waals surface area contributed by atoms with Crippen LogP contribution in [0, 0.1) is 0 Å². The average molecular weight is 249 g/mol. The van der Waals surface area contributed by atoms with Crippen molar-refractivity contribution in [2.75, 3.05) is 22.9 Å². The van der Waals surface area contributed by atoms with E-state index in [-0.39, 0.29) is 0 Å². The molecule has 0 atom stereocenters. The molecule has 8 N–H and O–H groups in total. The van der Waals surface area contributed by atoms with E-state index < -0.39 is 0 Å². The zero-order valence-electron chi connectivity index (χ0n) is 9.07. The number of nitrogens with two attached hydrogens (primary N) is 4. The predicted molar refractivity (Wildman–Crippen MR) is 74.5 cm³/mol. The monoisotopic (exact) mass is 248 g/mol. The van der Waals surface area contributed by atoms with Gasteiger partial charge < -0.3 is 22.9 Å². The quantitative estimate of drug-likeness (QED) is 0.582. The Bertz CT molecular complexity index is 581. The third kappa shape index (κ3) is 1.94. The van der Waals surface area contributed by atoms with E-state index in [1.165, 1.54) is 0 Å². The lowest BCUT2D eigenvalue weighted by atomic mass is 10.0. The van der Waals surface area contributed by atoms with Gasteiger partial charge in [-0.2, -0.15) is 0 Å². The number of nitrogen functional groups attached to an aromatic ring is 4. The van der Waals surface area contributed by atoms with E-state index in [2.05, 4.69) is 0 Å². The summed E-state index contributed by atoms with van der Waals surface area (Å²) in [5.74, 6) is 0. The van der Waals surface area contributed by atoms with Gasteiger partial charge in [0.05, 0.1) is 27.8 Å². The summed E-state index contributed by atoms with van der Waals surface area (Å²) in [5, 5.41) is 0.425. The van der Waals surface area contributed by atoms with Crippen molar-refractivity contribution in [1.82, 2.24) is 0 Å². The van der Waals surface area contributed by atoms with Crippen LogP contribution in [0.5, 0.6) is 0 Å².